The summed E-state index contributed by atoms with van der Waals surface area (Å²) in [5, 5.41) is 0. The number of fused-ring (bicyclic) bond motifs is 2. The second kappa shape index (κ2) is 2.88. The molecule has 1 saturated carbocycles. The molecule has 3 nitrogen and oxygen atoms in total. The Morgan fingerprint density at radius 2 is 1.57 bits per heavy atom. The SMILES string of the molecule is NC1C2CC(F)(F)CC1CS(=O)(=O)C2. The monoisotopic (exact) mass is 225 g/mol. The highest BCUT2D eigenvalue weighted by atomic mass is 32.2. The number of sulfone groups is 1. The van der Waals surface area contributed by atoms with Crippen LogP contribution in [0.15, 0.2) is 0 Å². The molecule has 0 aromatic heterocycles. The lowest BCUT2D eigenvalue weighted by Gasteiger charge is -2.43. The minimum atomic E-state index is -3.14. The molecular formula is C8H13F2NO2S. The standard InChI is InChI=1S/C8H13F2NO2S/c9-8(10)1-5-3-14(12,13)4-6(2-8)7(5)11/h5-7H,1-4,11H2. The molecule has 2 atom stereocenters. The van der Waals surface area contributed by atoms with Gasteiger partial charge in [0.25, 0.3) is 0 Å². The molecule has 1 heterocycles. The predicted octanol–water partition coefficient (Wildman–Crippen LogP) is 0.404. The van der Waals surface area contributed by atoms with Crippen LogP contribution in [0.1, 0.15) is 12.8 Å². The lowest BCUT2D eigenvalue weighted by molar-refractivity contribution is -0.0739. The van der Waals surface area contributed by atoms with Crippen molar-refractivity contribution in [3.8, 4) is 0 Å². The van der Waals surface area contributed by atoms with Gasteiger partial charge in [0.1, 0.15) is 0 Å². The molecule has 0 aromatic carbocycles. The van der Waals surface area contributed by atoms with Crippen molar-refractivity contribution in [1.29, 1.82) is 0 Å². The Hall–Kier alpha value is -0.230. The summed E-state index contributed by atoms with van der Waals surface area (Å²) in [6, 6.07) is -0.363. The van der Waals surface area contributed by atoms with Crippen LogP contribution in [0.3, 0.4) is 0 Å². The van der Waals surface area contributed by atoms with Gasteiger partial charge in [0.2, 0.25) is 5.92 Å². The molecule has 0 amide bonds. The molecule has 1 aliphatic carbocycles. The largest absolute Gasteiger partial charge is 0.327 e. The van der Waals surface area contributed by atoms with E-state index in [9.17, 15) is 17.2 Å². The van der Waals surface area contributed by atoms with Gasteiger partial charge in [0, 0.05) is 18.9 Å². The minimum absolute atomic E-state index is 0.166. The Labute approximate surface area is 81.6 Å². The summed E-state index contributed by atoms with van der Waals surface area (Å²) < 4.78 is 48.8. The van der Waals surface area contributed by atoms with Crippen molar-refractivity contribution >= 4 is 9.84 Å². The molecule has 2 rings (SSSR count). The van der Waals surface area contributed by atoms with Crippen LogP contribution in [-0.2, 0) is 9.84 Å². The van der Waals surface area contributed by atoms with Gasteiger partial charge in [-0.05, 0) is 11.8 Å². The topological polar surface area (TPSA) is 60.2 Å². The summed E-state index contributed by atoms with van der Waals surface area (Å²) in [5.74, 6) is -4.16. The van der Waals surface area contributed by atoms with E-state index < -0.39 is 27.6 Å². The van der Waals surface area contributed by atoms with Crippen molar-refractivity contribution in [3.63, 3.8) is 0 Å². The number of halogens is 2. The summed E-state index contributed by atoms with van der Waals surface area (Å²) in [6.45, 7) is 0. The third-order valence-corrected chi connectivity index (χ3v) is 5.02. The van der Waals surface area contributed by atoms with Gasteiger partial charge in [0.15, 0.2) is 9.84 Å². The number of hydrogen-bond donors (Lipinski definition) is 1. The summed E-state index contributed by atoms with van der Waals surface area (Å²) in [4.78, 5) is 0. The maximum Gasteiger partial charge on any atom is 0.248 e. The highest BCUT2D eigenvalue weighted by molar-refractivity contribution is 7.91. The van der Waals surface area contributed by atoms with Crippen LogP contribution in [0.4, 0.5) is 8.78 Å². The molecule has 2 aliphatic rings. The molecule has 0 radical (unpaired) electrons. The van der Waals surface area contributed by atoms with Crippen LogP contribution in [0, 0.1) is 11.8 Å². The van der Waals surface area contributed by atoms with E-state index in [1.54, 1.807) is 0 Å². The third-order valence-electron chi connectivity index (χ3n) is 3.15. The molecular weight excluding hydrogens is 212 g/mol. The number of alkyl halides is 2. The Bertz CT molecular complexity index is 317. The predicted molar refractivity (Wildman–Crippen MR) is 47.8 cm³/mol. The Kier molecular flexibility index (Phi) is 2.12. The Balaban J connectivity index is 2.27. The van der Waals surface area contributed by atoms with Crippen molar-refractivity contribution in [2.75, 3.05) is 11.5 Å². The molecule has 6 heteroatoms. The molecule has 82 valence electrons. The van der Waals surface area contributed by atoms with E-state index in [0.717, 1.165) is 0 Å². The van der Waals surface area contributed by atoms with Gasteiger partial charge in [-0.15, -0.1) is 0 Å². The molecule has 2 bridgehead atoms. The fourth-order valence-electron chi connectivity index (χ4n) is 2.57. The minimum Gasteiger partial charge on any atom is -0.327 e. The quantitative estimate of drug-likeness (QED) is 0.649. The summed E-state index contributed by atoms with van der Waals surface area (Å²) >= 11 is 0. The van der Waals surface area contributed by atoms with Crippen molar-refractivity contribution < 1.29 is 17.2 Å². The number of rotatable bonds is 0. The van der Waals surface area contributed by atoms with Crippen molar-refractivity contribution in [3.05, 3.63) is 0 Å². The first-order valence-electron chi connectivity index (χ1n) is 4.63. The second-order valence-corrected chi connectivity index (χ2v) is 6.59. The number of hydrogen-bond acceptors (Lipinski definition) is 3. The summed E-state index contributed by atoms with van der Waals surface area (Å²) in [6.07, 6.45) is -0.742. The molecule has 1 aliphatic heterocycles. The van der Waals surface area contributed by atoms with Crippen molar-refractivity contribution in [2.24, 2.45) is 17.6 Å². The maximum absolute atomic E-state index is 13.1. The zero-order chi connectivity index (χ0) is 10.6. The van der Waals surface area contributed by atoms with Crippen molar-refractivity contribution in [2.45, 2.75) is 24.8 Å². The van der Waals surface area contributed by atoms with Crippen LogP contribution in [0.5, 0.6) is 0 Å². The van der Waals surface area contributed by atoms with Gasteiger partial charge in [0.05, 0.1) is 11.5 Å². The van der Waals surface area contributed by atoms with Crippen LogP contribution in [-0.4, -0.2) is 31.9 Å². The first-order chi connectivity index (χ1) is 6.29. The molecule has 2 unspecified atom stereocenters. The molecule has 14 heavy (non-hydrogen) atoms. The van der Waals surface area contributed by atoms with Gasteiger partial charge < -0.3 is 5.73 Å². The van der Waals surface area contributed by atoms with Gasteiger partial charge in [-0.2, -0.15) is 0 Å². The highest BCUT2D eigenvalue weighted by Crippen LogP contribution is 2.43. The van der Waals surface area contributed by atoms with Crippen molar-refractivity contribution in [1.82, 2.24) is 0 Å². The van der Waals surface area contributed by atoms with E-state index in [4.69, 9.17) is 5.73 Å². The summed E-state index contributed by atoms with van der Waals surface area (Å²) in [7, 11) is -3.14. The normalized spacial score (nSPS) is 44.6. The van der Waals surface area contributed by atoms with Crippen LogP contribution in [0.2, 0.25) is 0 Å². The first kappa shape index (κ1) is 10.3. The van der Waals surface area contributed by atoms with Gasteiger partial charge in [-0.1, -0.05) is 0 Å². The maximum atomic E-state index is 13.1. The smallest absolute Gasteiger partial charge is 0.248 e. The summed E-state index contributed by atoms with van der Waals surface area (Å²) in [5.41, 5.74) is 5.73. The van der Waals surface area contributed by atoms with E-state index in [0.29, 0.717) is 0 Å². The Morgan fingerprint density at radius 1 is 1.14 bits per heavy atom. The second-order valence-electron chi connectivity index (χ2n) is 4.44. The van der Waals surface area contributed by atoms with E-state index in [2.05, 4.69) is 0 Å². The third kappa shape index (κ3) is 1.77. The van der Waals surface area contributed by atoms with Gasteiger partial charge in [-0.3, -0.25) is 0 Å². The molecule has 0 spiro atoms. The molecule has 1 saturated heterocycles. The van der Waals surface area contributed by atoms with E-state index in [-0.39, 0.29) is 30.4 Å². The lowest BCUT2D eigenvalue weighted by Crippen LogP contribution is -2.55. The Morgan fingerprint density at radius 3 is 2.00 bits per heavy atom. The molecule has 2 N–H and O–H groups in total. The zero-order valence-corrected chi connectivity index (χ0v) is 8.43. The molecule has 0 aromatic rings. The molecule has 2 fully saturated rings. The van der Waals surface area contributed by atoms with Crippen LogP contribution in [0.25, 0.3) is 0 Å². The van der Waals surface area contributed by atoms with Gasteiger partial charge in [-0.25, -0.2) is 17.2 Å². The first-order valence-corrected chi connectivity index (χ1v) is 6.45. The zero-order valence-electron chi connectivity index (χ0n) is 7.62. The van der Waals surface area contributed by atoms with E-state index in [1.807, 2.05) is 0 Å². The fraction of sp³-hybridized carbons (Fsp3) is 1.00. The number of nitrogens with two attached hydrogens (primary N) is 1. The van der Waals surface area contributed by atoms with E-state index in [1.165, 1.54) is 0 Å². The average molecular weight is 225 g/mol. The van der Waals surface area contributed by atoms with Gasteiger partial charge >= 0.3 is 0 Å². The fourth-order valence-corrected chi connectivity index (χ4v) is 4.69. The van der Waals surface area contributed by atoms with E-state index >= 15 is 0 Å². The average Bonchev–Trinajstić information content (AvgIpc) is 1.93. The van der Waals surface area contributed by atoms with Crippen LogP contribution >= 0.6 is 0 Å². The lowest BCUT2D eigenvalue weighted by atomic mass is 9.76. The highest BCUT2D eigenvalue weighted by Gasteiger charge is 2.51. The van der Waals surface area contributed by atoms with Crippen LogP contribution < -0.4 is 5.73 Å².